The third kappa shape index (κ3) is 2.57. The molecule has 2 aromatic rings. The Bertz CT molecular complexity index is 1030. The molecule has 0 N–H and O–H groups in total. The van der Waals surface area contributed by atoms with Crippen molar-refractivity contribution in [3.8, 4) is 0 Å². The van der Waals surface area contributed by atoms with Crippen molar-refractivity contribution in [1.29, 1.82) is 0 Å². The van der Waals surface area contributed by atoms with Gasteiger partial charge in [0.05, 0.1) is 11.3 Å². The fourth-order valence-corrected chi connectivity index (χ4v) is 4.39. The molecule has 0 bridgehead atoms. The van der Waals surface area contributed by atoms with Crippen LogP contribution in [0.25, 0.3) is 0 Å². The van der Waals surface area contributed by atoms with Gasteiger partial charge in [-0.15, -0.1) is 0 Å². The number of carbonyl (C=O) groups is 3. The summed E-state index contributed by atoms with van der Waals surface area (Å²) < 4.78 is 19.5. The van der Waals surface area contributed by atoms with Crippen LogP contribution in [0.2, 0.25) is 0 Å². The fraction of sp³-hybridized carbons (Fsp3) is 0.318. The van der Waals surface area contributed by atoms with E-state index in [2.05, 4.69) is 0 Å². The molecule has 3 aliphatic rings. The third-order valence-corrected chi connectivity index (χ3v) is 5.86. The number of nitrogens with zero attached hydrogens (tertiary/aromatic N) is 2. The van der Waals surface area contributed by atoms with E-state index >= 15 is 0 Å². The molecule has 1 aliphatic carbocycles. The molecular weight excluding hydrogens is 375 g/mol. The maximum atomic E-state index is 14.0. The summed E-state index contributed by atoms with van der Waals surface area (Å²) in [6.07, 6.45) is 1.86. The lowest BCUT2D eigenvalue weighted by Crippen LogP contribution is -2.69. The minimum Gasteiger partial charge on any atom is -0.458 e. The van der Waals surface area contributed by atoms with E-state index in [9.17, 15) is 18.8 Å². The Kier molecular flexibility index (Phi) is 3.94. The molecule has 1 saturated heterocycles. The summed E-state index contributed by atoms with van der Waals surface area (Å²) in [5.41, 5.74) is -0.421. The number of benzene rings is 2. The van der Waals surface area contributed by atoms with Crippen molar-refractivity contribution in [2.75, 3.05) is 4.90 Å². The maximum Gasteiger partial charge on any atom is 0.354 e. The highest BCUT2D eigenvalue weighted by Crippen LogP contribution is 2.49. The largest absolute Gasteiger partial charge is 0.458 e. The molecule has 2 aromatic carbocycles. The van der Waals surface area contributed by atoms with Crippen LogP contribution in [-0.4, -0.2) is 34.4 Å². The first-order valence-corrected chi connectivity index (χ1v) is 9.70. The van der Waals surface area contributed by atoms with E-state index in [0.29, 0.717) is 11.3 Å². The third-order valence-electron chi connectivity index (χ3n) is 5.86. The van der Waals surface area contributed by atoms with Gasteiger partial charge in [-0.3, -0.25) is 14.5 Å². The molecule has 29 heavy (non-hydrogen) atoms. The molecule has 7 heteroatoms. The van der Waals surface area contributed by atoms with Crippen molar-refractivity contribution >= 4 is 23.5 Å². The Morgan fingerprint density at radius 3 is 2.59 bits per heavy atom. The molecule has 2 aliphatic heterocycles. The summed E-state index contributed by atoms with van der Waals surface area (Å²) in [5.74, 6) is -1.65. The van der Waals surface area contributed by atoms with Crippen molar-refractivity contribution in [2.45, 2.75) is 44.0 Å². The van der Waals surface area contributed by atoms with E-state index in [4.69, 9.17) is 4.74 Å². The van der Waals surface area contributed by atoms with Crippen LogP contribution < -0.4 is 4.90 Å². The normalized spacial score (nSPS) is 23.1. The van der Waals surface area contributed by atoms with Crippen LogP contribution in [0.3, 0.4) is 0 Å². The van der Waals surface area contributed by atoms with Crippen molar-refractivity contribution in [1.82, 2.24) is 4.90 Å². The molecule has 1 saturated carbocycles. The van der Waals surface area contributed by atoms with Gasteiger partial charge in [0.1, 0.15) is 12.4 Å². The van der Waals surface area contributed by atoms with Crippen molar-refractivity contribution < 1.29 is 23.5 Å². The molecule has 6 nitrogen and oxygen atoms in total. The minimum atomic E-state index is -1.51. The molecule has 0 aromatic heterocycles. The number of rotatable bonds is 4. The number of ether oxygens (including phenoxy) is 1. The first-order valence-electron chi connectivity index (χ1n) is 9.70. The zero-order valence-electron chi connectivity index (χ0n) is 15.6. The predicted octanol–water partition coefficient (Wildman–Crippen LogP) is 3.01. The number of para-hydroxylation sites is 1. The van der Waals surface area contributed by atoms with Crippen molar-refractivity contribution in [2.24, 2.45) is 0 Å². The number of fused-ring (bicyclic) bond motifs is 3. The van der Waals surface area contributed by atoms with Gasteiger partial charge in [0, 0.05) is 24.4 Å². The first kappa shape index (κ1) is 17.8. The van der Waals surface area contributed by atoms with Gasteiger partial charge in [-0.1, -0.05) is 30.3 Å². The Morgan fingerprint density at radius 2 is 1.83 bits per heavy atom. The van der Waals surface area contributed by atoms with Gasteiger partial charge in [-0.05, 0) is 31.0 Å². The van der Waals surface area contributed by atoms with E-state index in [1.54, 1.807) is 36.4 Å². The molecular formula is C22H19FN2O4. The SMILES string of the molecule is O=C1CC[C@@]2(C(=O)OCc3ccccc3F)N1c1ccccc1C(=O)N2C1CC1. The zero-order valence-corrected chi connectivity index (χ0v) is 15.6. The summed E-state index contributed by atoms with van der Waals surface area (Å²) >= 11 is 0. The lowest BCUT2D eigenvalue weighted by Gasteiger charge is -2.48. The Labute approximate surface area is 166 Å². The number of hydrogen-bond acceptors (Lipinski definition) is 4. The maximum absolute atomic E-state index is 14.0. The molecule has 148 valence electrons. The van der Waals surface area contributed by atoms with Gasteiger partial charge in [0.2, 0.25) is 11.6 Å². The molecule has 2 heterocycles. The number of hydrogen-bond donors (Lipinski definition) is 0. The van der Waals surface area contributed by atoms with E-state index in [1.165, 1.54) is 21.9 Å². The highest BCUT2D eigenvalue weighted by atomic mass is 19.1. The average Bonchev–Trinajstić information content (AvgIpc) is 3.50. The minimum absolute atomic E-state index is 0.106. The highest BCUT2D eigenvalue weighted by Gasteiger charge is 2.64. The number of halogens is 1. The Morgan fingerprint density at radius 1 is 1.10 bits per heavy atom. The van der Waals surface area contributed by atoms with Crippen LogP contribution >= 0.6 is 0 Å². The molecule has 0 unspecified atom stereocenters. The van der Waals surface area contributed by atoms with Crippen molar-refractivity contribution in [3.63, 3.8) is 0 Å². The summed E-state index contributed by atoms with van der Waals surface area (Å²) in [6.45, 7) is -0.260. The predicted molar refractivity (Wildman–Crippen MR) is 101 cm³/mol. The second-order valence-corrected chi connectivity index (χ2v) is 7.64. The fourth-order valence-electron chi connectivity index (χ4n) is 4.39. The summed E-state index contributed by atoms with van der Waals surface area (Å²) in [7, 11) is 0. The van der Waals surface area contributed by atoms with Crippen LogP contribution in [0, 0.1) is 5.82 Å². The van der Waals surface area contributed by atoms with Gasteiger partial charge >= 0.3 is 5.97 Å². The van der Waals surface area contributed by atoms with Crippen LogP contribution in [0.4, 0.5) is 10.1 Å². The van der Waals surface area contributed by atoms with Gasteiger partial charge in [-0.2, -0.15) is 0 Å². The van der Waals surface area contributed by atoms with Crippen LogP contribution in [0.15, 0.2) is 48.5 Å². The molecule has 1 atom stereocenters. The van der Waals surface area contributed by atoms with Crippen LogP contribution in [0.5, 0.6) is 0 Å². The average molecular weight is 394 g/mol. The Balaban J connectivity index is 1.56. The van der Waals surface area contributed by atoms with E-state index in [1.807, 2.05) is 0 Å². The molecule has 2 amide bonds. The van der Waals surface area contributed by atoms with Gasteiger partial charge < -0.3 is 9.64 Å². The number of amides is 2. The van der Waals surface area contributed by atoms with Crippen LogP contribution in [-0.2, 0) is 20.9 Å². The standard InChI is InChI=1S/C22H19FN2O4/c23-17-7-3-1-5-14(17)13-29-21(28)22-12-11-19(26)25(22)18-8-4-2-6-16(18)20(27)24(22)15-9-10-15/h1-8,15H,9-13H2/t22-/m0/s1. The Hall–Kier alpha value is -3.22. The van der Waals surface area contributed by atoms with Gasteiger partial charge in [0.25, 0.3) is 5.91 Å². The molecule has 0 spiro atoms. The molecule has 5 rings (SSSR count). The quantitative estimate of drug-likeness (QED) is 0.748. The van der Waals surface area contributed by atoms with Crippen molar-refractivity contribution in [3.05, 3.63) is 65.5 Å². The summed E-state index contributed by atoms with van der Waals surface area (Å²) in [4.78, 5) is 42.5. The lowest BCUT2D eigenvalue weighted by molar-refractivity contribution is -0.159. The highest BCUT2D eigenvalue weighted by molar-refractivity contribution is 6.15. The first-order chi connectivity index (χ1) is 14.0. The van der Waals surface area contributed by atoms with E-state index in [0.717, 1.165) is 12.8 Å². The second-order valence-electron chi connectivity index (χ2n) is 7.64. The summed E-state index contributed by atoms with van der Waals surface area (Å²) in [6, 6.07) is 12.8. The zero-order chi connectivity index (χ0) is 20.2. The number of esters is 1. The molecule has 2 fully saturated rings. The monoisotopic (exact) mass is 394 g/mol. The second kappa shape index (κ2) is 6.40. The van der Waals surface area contributed by atoms with E-state index in [-0.39, 0.29) is 42.9 Å². The number of anilines is 1. The topological polar surface area (TPSA) is 66.9 Å². The molecule has 0 radical (unpaired) electrons. The number of carbonyl (C=O) groups excluding carboxylic acids is 3. The smallest absolute Gasteiger partial charge is 0.354 e. The van der Waals surface area contributed by atoms with Crippen LogP contribution in [0.1, 0.15) is 41.6 Å². The van der Waals surface area contributed by atoms with Gasteiger partial charge in [0.15, 0.2) is 0 Å². The van der Waals surface area contributed by atoms with E-state index < -0.39 is 17.4 Å². The summed E-state index contributed by atoms with van der Waals surface area (Å²) in [5, 5.41) is 0. The van der Waals surface area contributed by atoms with Gasteiger partial charge in [-0.25, -0.2) is 9.18 Å². The lowest BCUT2D eigenvalue weighted by atomic mass is 9.96.